The monoisotopic (exact) mass is 738 g/mol. The average molecular weight is 739 g/mol. The average Bonchev–Trinajstić information content (AvgIpc) is 3.96. The number of pyridine rings is 2. The van der Waals surface area contributed by atoms with E-state index in [-0.39, 0.29) is 22.7 Å². The summed E-state index contributed by atoms with van der Waals surface area (Å²) < 4.78 is 5.57. The number of rotatable bonds is 10. The Morgan fingerprint density at radius 2 is 0.907 bits per heavy atom. The quantitative estimate of drug-likeness (QED) is 0.103. The summed E-state index contributed by atoms with van der Waals surface area (Å²) in [6.45, 7) is 0. The molecular weight excluding hydrogens is 709 g/mol. The van der Waals surface area contributed by atoms with Crippen molar-refractivity contribution >= 4 is 110 Å². The smallest absolute Gasteiger partial charge is 0.263 e. The molecule has 8 heteroatoms. The molecule has 0 fully saturated rings. The summed E-state index contributed by atoms with van der Waals surface area (Å²) in [4.78, 5) is 55.9. The van der Waals surface area contributed by atoms with E-state index < -0.39 is 0 Å². The molecule has 0 aliphatic rings. The highest BCUT2D eigenvalue weighted by Gasteiger charge is 2.22. The molecule has 54 heavy (non-hydrogen) atoms. The van der Waals surface area contributed by atoms with Crippen LogP contribution in [0.25, 0.3) is 75.9 Å². The van der Waals surface area contributed by atoms with Crippen LogP contribution < -0.4 is 11.1 Å². The van der Waals surface area contributed by atoms with Crippen LogP contribution in [0.4, 0.5) is 0 Å². The summed E-state index contributed by atoms with van der Waals surface area (Å²) >= 11 is 3.23. The Morgan fingerprint density at radius 3 is 1.33 bits per heavy atom. The van der Waals surface area contributed by atoms with E-state index in [0.29, 0.717) is 36.5 Å². The number of thiophene rings is 2. The molecule has 10 aromatic rings. The standard InChI is InChI=1S/C46H30N2O4S2/c49-29(13-11-27-7-3-1-4-8-27)15-17-31-23-39-41(53-31)25-37-33-19-22-36-44-34(20-21-35(43(33)44)45(51)47(37)39)38-26-42-40(48(38)46(36)52)24-32(54-42)18-16-30(50)14-12-28-9-5-2-6-10-28/h1-14,19-26H,15-18H2/b13-11+,14-12+. The van der Waals surface area contributed by atoms with Crippen molar-refractivity contribution in [3.63, 3.8) is 0 Å². The molecular formula is C46H30N2O4S2. The number of aryl methyl sites for hydroxylation is 2. The van der Waals surface area contributed by atoms with Crippen molar-refractivity contribution in [3.8, 4) is 0 Å². The van der Waals surface area contributed by atoms with Crippen LogP contribution in [0.15, 0.2) is 131 Å². The third-order valence-electron chi connectivity index (χ3n) is 10.4. The number of allylic oxidation sites excluding steroid dienone is 2. The van der Waals surface area contributed by atoms with Gasteiger partial charge in [-0.1, -0.05) is 84.9 Å². The third kappa shape index (κ3) is 5.29. The van der Waals surface area contributed by atoms with Crippen molar-refractivity contribution in [3.05, 3.63) is 163 Å². The zero-order chi connectivity index (χ0) is 36.5. The first-order valence-corrected chi connectivity index (χ1v) is 19.5. The molecule has 0 saturated carbocycles. The summed E-state index contributed by atoms with van der Waals surface area (Å²) in [7, 11) is 0. The maximum atomic E-state index is 14.3. The minimum atomic E-state index is -0.116. The van der Waals surface area contributed by atoms with Gasteiger partial charge in [0.05, 0.1) is 31.5 Å². The molecule has 260 valence electrons. The first-order valence-electron chi connectivity index (χ1n) is 17.9. The number of hydrogen-bond donors (Lipinski definition) is 0. The van der Waals surface area contributed by atoms with Crippen molar-refractivity contribution in [2.24, 2.45) is 0 Å². The maximum Gasteiger partial charge on any atom is 0.263 e. The number of aromatic nitrogens is 2. The molecule has 0 unspecified atom stereocenters. The van der Waals surface area contributed by atoms with Crippen molar-refractivity contribution in [2.45, 2.75) is 25.7 Å². The Bertz CT molecular complexity index is 3070. The summed E-state index contributed by atoms with van der Waals surface area (Å²) in [6, 6.07) is 35.5. The number of benzene rings is 4. The minimum Gasteiger partial charge on any atom is -0.295 e. The summed E-state index contributed by atoms with van der Waals surface area (Å²) in [5, 5.41) is 4.64. The highest BCUT2D eigenvalue weighted by atomic mass is 32.1. The van der Waals surface area contributed by atoms with Crippen LogP contribution in [0.1, 0.15) is 33.7 Å². The SMILES string of the molecule is O=C(/C=C/c1ccccc1)CCc1cc2c(cc3c4ccc5c(=O)n6c7cc(CCC(=O)/C=C/c8ccccc8)sc7cc6c6ccc(c(=O)n23)c4c56)s1. The zero-order valence-electron chi connectivity index (χ0n) is 28.9. The lowest BCUT2D eigenvalue weighted by atomic mass is 9.95. The first-order chi connectivity index (χ1) is 26.4. The van der Waals surface area contributed by atoms with Gasteiger partial charge in [-0.2, -0.15) is 0 Å². The summed E-state index contributed by atoms with van der Waals surface area (Å²) in [6.07, 6.45) is 8.94. The van der Waals surface area contributed by atoms with Gasteiger partial charge in [0.2, 0.25) is 0 Å². The Hall–Kier alpha value is -6.22. The molecule has 0 spiro atoms. The number of ketones is 2. The van der Waals surface area contributed by atoms with E-state index in [2.05, 4.69) is 12.1 Å². The normalized spacial score (nSPS) is 12.5. The maximum absolute atomic E-state index is 14.3. The number of hydrogen-bond acceptors (Lipinski definition) is 6. The largest absolute Gasteiger partial charge is 0.295 e. The second-order valence-electron chi connectivity index (χ2n) is 13.8. The van der Waals surface area contributed by atoms with Crippen LogP contribution in [0.5, 0.6) is 0 Å². The molecule has 6 nitrogen and oxygen atoms in total. The number of carbonyl (C=O) groups is 2. The van der Waals surface area contributed by atoms with E-state index in [4.69, 9.17) is 0 Å². The van der Waals surface area contributed by atoms with E-state index in [1.807, 2.05) is 109 Å². The molecule has 0 saturated heterocycles. The molecule has 10 rings (SSSR count). The van der Waals surface area contributed by atoms with E-state index >= 15 is 0 Å². The van der Waals surface area contributed by atoms with Gasteiger partial charge in [-0.15, -0.1) is 22.7 Å². The lowest BCUT2D eigenvalue weighted by Crippen LogP contribution is -2.16. The van der Waals surface area contributed by atoms with Crippen molar-refractivity contribution in [1.82, 2.24) is 8.80 Å². The zero-order valence-corrected chi connectivity index (χ0v) is 30.5. The second-order valence-corrected chi connectivity index (χ2v) is 16.1. The Morgan fingerprint density at radius 1 is 0.500 bits per heavy atom. The fourth-order valence-electron chi connectivity index (χ4n) is 7.85. The fourth-order valence-corrected chi connectivity index (χ4v) is 10.0. The van der Waals surface area contributed by atoms with E-state index in [1.165, 1.54) is 0 Å². The van der Waals surface area contributed by atoms with Gasteiger partial charge in [0, 0.05) is 54.9 Å². The van der Waals surface area contributed by atoms with Gasteiger partial charge in [-0.3, -0.25) is 28.0 Å². The Balaban J connectivity index is 0.990. The topological polar surface area (TPSA) is 77.1 Å². The first kappa shape index (κ1) is 32.4. The summed E-state index contributed by atoms with van der Waals surface area (Å²) in [5.41, 5.74) is 5.07. The van der Waals surface area contributed by atoms with Crippen molar-refractivity contribution < 1.29 is 9.59 Å². The molecule has 6 heterocycles. The fraction of sp³-hybridized carbons (Fsp3) is 0.0870. The molecule has 0 atom stereocenters. The molecule has 6 aromatic heterocycles. The van der Waals surface area contributed by atoms with Gasteiger partial charge in [0.1, 0.15) is 0 Å². The molecule has 0 amide bonds. The second kappa shape index (κ2) is 12.7. The van der Waals surface area contributed by atoms with Crippen LogP contribution in [-0.2, 0) is 22.4 Å². The van der Waals surface area contributed by atoms with Gasteiger partial charge in [0.25, 0.3) is 11.1 Å². The van der Waals surface area contributed by atoms with E-state index in [9.17, 15) is 19.2 Å². The molecule has 0 bridgehead atoms. The molecule has 0 N–H and O–H groups in total. The van der Waals surface area contributed by atoms with Gasteiger partial charge < -0.3 is 0 Å². The van der Waals surface area contributed by atoms with Gasteiger partial charge in [-0.05, 0) is 72.5 Å². The predicted molar refractivity (Wildman–Crippen MR) is 224 cm³/mol. The number of fused-ring (bicyclic) bond motifs is 8. The minimum absolute atomic E-state index is 0.0617. The van der Waals surface area contributed by atoms with Crippen LogP contribution in [0.2, 0.25) is 0 Å². The van der Waals surface area contributed by atoms with Crippen LogP contribution in [-0.4, -0.2) is 20.4 Å². The van der Waals surface area contributed by atoms with Crippen LogP contribution >= 0.6 is 22.7 Å². The van der Waals surface area contributed by atoms with Crippen LogP contribution in [0, 0.1) is 0 Å². The van der Waals surface area contributed by atoms with Crippen molar-refractivity contribution in [2.75, 3.05) is 0 Å². The molecule has 4 aromatic carbocycles. The van der Waals surface area contributed by atoms with Gasteiger partial charge in [0.15, 0.2) is 11.6 Å². The number of nitrogens with zero attached hydrogens (tertiary/aromatic N) is 2. The third-order valence-corrected chi connectivity index (χ3v) is 12.7. The highest BCUT2D eigenvalue weighted by Crippen LogP contribution is 2.40. The van der Waals surface area contributed by atoms with Crippen molar-refractivity contribution in [1.29, 1.82) is 0 Å². The van der Waals surface area contributed by atoms with E-state index in [1.54, 1.807) is 43.6 Å². The molecule has 0 aliphatic heterocycles. The predicted octanol–water partition coefficient (Wildman–Crippen LogP) is 10.1. The van der Waals surface area contributed by atoms with Gasteiger partial charge >= 0.3 is 0 Å². The number of carbonyl (C=O) groups excluding carboxylic acids is 2. The lowest BCUT2D eigenvalue weighted by Gasteiger charge is -2.13. The Labute approximate surface area is 315 Å². The van der Waals surface area contributed by atoms with E-state index in [0.717, 1.165) is 73.9 Å². The summed E-state index contributed by atoms with van der Waals surface area (Å²) in [5.74, 6) is 0.123. The Kier molecular flexibility index (Phi) is 7.64. The molecule has 0 radical (unpaired) electrons. The van der Waals surface area contributed by atoms with Crippen LogP contribution in [0.3, 0.4) is 0 Å². The highest BCUT2D eigenvalue weighted by molar-refractivity contribution is 7.19. The molecule has 0 aliphatic carbocycles. The van der Waals surface area contributed by atoms with Gasteiger partial charge in [-0.25, -0.2) is 0 Å². The lowest BCUT2D eigenvalue weighted by molar-refractivity contribution is -0.115.